The highest BCUT2D eigenvalue weighted by atomic mass is 16.3. The van der Waals surface area contributed by atoms with Crippen molar-refractivity contribution >= 4 is 0 Å². The summed E-state index contributed by atoms with van der Waals surface area (Å²) in [7, 11) is 0. The molecule has 1 aliphatic heterocycles. The summed E-state index contributed by atoms with van der Waals surface area (Å²) < 4.78 is 0. The lowest BCUT2D eigenvalue weighted by Crippen LogP contribution is -2.69. The molecule has 2 unspecified atom stereocenters. The molecular formula is C7H12N2O. The van der Waals surface area contributed by atoms with Crippen LogP contribution in [-0.2, 0) is 0 Å². The predicted octanol–water partition coefficient (Wildman–Crippen LogP) is -0.131. The van der Waals surface area contributed by atoms with E-state index in [4.69, 9.17) is 5.26 Å². The fourth-order valence-corrected chi connectivity index (χ4v) is 1.31. The van der Waals surface area contributed by atoms with Gasteiger partial charge in [-0.05, 0) is 5.92 Å². The van der Waals surface area contributed by atoms with Crippen LogP contribution in [0.3, 0.4) is 0 Å². The van der Waals surface area contributed by atoms with Gasteiger partial charge in [-0.15, -0.1) is 0 Å². The molecule has 56 valence electrons. The van der Waals surface area contributed by atoms with E-state index in [0.717, 1.165) is 0 Å². The van der Waals surface area contributed by atoms with Crippen molar-refractivity contribution in [2.45, 2.75) is 25.5 Å². The standard InChI is InChI=1S/C7H12N2O/c1-5(2)6-7(10,3-8)4-9-6/h5-6,9-10H,4H2,1-2H3. The Labute approximate surface area is 60.7 Å². The molecule has 1 heterocycles. The summed E-state index contributed by atoms with van der Waals surface area (Å²) in [5.74, 6) is 0.318. The highest BCUT2D eigenvalue weighted by Gasteiger charge is 2.46. The highest BCUT2D eigenvalue weighted by molar-refractivity contribution is 5.17. The van der Waals surface area contributed by atoms with Gasteiger partial charge >= 0.3 is 0 Å². The molecule has 2 atom stereocenters. The zero-order valence-corrected chi connectivity index (χ0v) is 6.26. The molecule has 3 nitrogen and oxygen atoms in total. The fourth-order valence-electron chi connectivity index (χ4n) is 1.31. The maximum absolute atomic E-state index is 9.43. The van der Waals surface area contributed by atoms with Gasteiger partial charge in [0.1, 0.15) is 6.07 Å². The van der Waals surface area contributed by atoms with Crippen LogP contribution in [0.5, 0.6) is 0 Å². The van der Waals surface area contributed by atoms with Crippen molar-refractivity contribution in [3.63, 3.8) is 0 Å². The molecule has 0 spiro atoms. The van der Waals surface area contributed by atoms with Crippen molar-refractivity contribution < 1.29 is 5.11 Å². The number of hydrogen-bond donors (Lipinski definition) is 2. The molecule has 0 aromatic heterocycles. The molecule has 1 fully saturated rings. The second-order valence-electron chi connectivity index (χ2n) is 3.14. The molecular weight excluding hydrogens is 128 g/mol. The van der Waals surface area contributed by atoms with Crippen LogP contribution in [0.2, 0.25) is 0 Å². The average molecular weight is 140 g/mol. The summed E-state index contributed by atoms with van der Waals surface area (Å²) in [5.41, 5.74) is -1.10. The van der Waals surface area contributed by atoms with Gasteiger partial charge < -0.3 is 10.4 Å². The third kappa shape index (κ3) is 0.898. The number of nitriles is 1. The lowest BCUT2D eigenvalue weighted by molar-refractivity contribution is -0.0258. The largest absolute Gasteiger partial charge is 0.373 e. The zero-order valence-electron chi connectivity index (χ0n) is 6.26. The van der Waals surface area contributed by atoms with Gasteiger partial charge in [0.05, 0.1) is 6.04 Å². The Bertz CT molecular complexity index is 173. The van der Waals surface area contributed by atoms with Gasteiger partial charge in [0.15, 0.2) is 5.60 Å². The van der Waals surface area contributed by atoms with Crippen molar-refractivity contribution in [1.82, 2.24) is 5.32 Å². The van der Waals surface area contributed by atoms with Crippen LogP contribution >= 0.6 is 0 Å². The third-order valence-electron chi connectivity index (χ3n) is 1.97. The summed E-state index contributed by atoms with van der Waals surface area (Å²) in [6.07, 6.45) is 0. The van der Waals surface area contributed by atoms with Crippen molar-refractivity contribution in [3.8, 4) is 6.07 Å². The molecule has 0 amide bonds. The van der Waals surface area contributed by atoms with Gasteiger partial charge in [0, 0.05) is 6.54 Å². The van der Waals surface area contributed by atoms with Crippen LogP contribution in [0.4, 0.5) is 0 Å². The van der Waals surface area contributed by atoms with Gasteiger partial charge in [-0.1, -0.05) is 13.8 Å². The van der Waals surface area contributed by atoms with Crippen LogP contribution < -0.4 is 5.32 Å². The number of nitrogens with zero attached hydrogens (tertiary/aromatic N) is 1. The molecule has 0 bridgehead atoms. The van der Waals surface area contributed by atoms with Gasteiger partial charge in [-0.3, -0.25) is 0 Å². The first-order valence-electron chi connectivity index (χ1n) is 3.47. The Morgan fingerprint density at radius 1 is 1.80 bits per heavy atom. The first-order chi connectivity index (χ1) is 4.60. The molecule has 2 N–H and O–H groups in total. The second-order valence-corrected chi connectivity index (χ2v) is 3.14. The molecule has 1 rings (SSSR count). The molecule has 1 aliphatic rings. The molecule has 0 aromatic carbocycles. The average Bonchev–Trinajstić information content (AvgIpc) is 1.83. The molecule has 0 saturated carbocycles. The minimum atomic E-state index is -1.10. The maximum Gasteiger partial charge on any atom is 0.179 e. The smallest absolute Gasteiger partial charge is 0.179 e. The molecule has 1 saturated heterocycles. The van der Waals surface area contributed by atoms with E-state index in [2.05, 4.69) is 5.32 Å². The Balaban J connectivity index is 2.60. The topological polar surface area (TPSA) is 56.0 Å². The lowest BCUT2D eigenvalue weighted by Gasteiger charge is -2.43. The summed E-state index contributed by atoms with van der Waals surface area (Å²) in [4.78, 5) is 0. The number of hydrogen-bond acceptors (Lipinski definition) is 3. The van der Waals surface area contributed by atoms with E-state index in [-0.39, 0.29) is 6.04 Å². The van der Waals surface area contributed by atoms with E-state index < -0.39 is 5.60 Å². The minimum Gasteiger partial charge on any atom is -0.373 e. The Hall–Kier alpha value is -0.590. The summed E-state index contributed by atoms with van der Waals surface area (Å²) >= 11 is 0. The van der Waals surface area contributed by atoms with Gasteiger partial charge in [0.2, 0.25) is 0 Å². The summed E-state index contributed by atoms with van der Waals surface area (Å²) in [6, 6.07) is 1.86. The first kappa shape index (κ1) is 7.52. The van der Waals surface area contributed by atoms with Gasteiger partial charge in [-0.2, -0.15) is 5.26 Å². The molecule has 0 radical (unpaired) electrons. The number of nitrogens with one attached hydrogen (secondary N) is 1. The summed E-state index contributed by atoms with van der Waals surface area (Å²) in [5, 5.41) is 21.0. The quantitative estimate of drug-likeness (QED) is 0.499. The second kappa shape index (κ2) is 2.22. The number of rotatable bonds is 1. The van der Waals surface area contributed by atoms with Crippen molar-refractivity contribution in [3.05, 3.63) is 0 Å². The van der Waals surface area contributed by atoms with Gasteiger partial charge in [-0.25, -0.2) is 0 Å². The van der Waals surface area contributed by atoms with Crippen LogP contribution in [0, 0.1) is 17.2 Å². The fraction of sp³-hybridized carbons (Fsp3) is 0.857. The molecule has 3 heteroatoms. The normalized spacial score (nSPS) is 38.9. The van der Waals surface area contributed by atoms with Crippen LogP contribution in [0.1, 0.15) is 13.8 Å². The maximum atomic E-state index is 9.43. The van der Waals surface area contributed by atoms with Gasteiger partial charge in [0.25, 0.3) is 0 Å². The SMILES string of the molecule is CC(C)C1NCC1(O)C#N. The van der Waals surface area contributed by atoms with Crippen LogP contribution in [0.25, 0.3) is 0 Å². The van der Waals surface area contributed by atoms with Crippen molar-refractivity contribution in [2.24, 2.45) is 5.92 Å². The van der Waals surface area contributed by atoms with E-state index >= 15 is 0 Å². The lowest BCUT2D eigenvalue weighted by atomic mass is 9.80. The van der Waals surface area contributed by atoms with Crippen LogP contribution in [-0.4, -0.2) is 23.3 Å². The van der Waals surface area contributed by atoms with Crippen LogP contribution in [0.15, 0.2) is 0 Å². The monoisotopic (exact) mass is 140 g/mol. The van der Waals surface area contributed by atoms with E-state index in [0.29, 0.717) is 12.5 Å². The van der Waals surface area contributed by atoms with E-state index in [9.17, 15) is 5.11 Å². The number of aliphatic hydroxyl groups is 1. The highest BCUT2D eigenvalue weighted by Crippen LogP contribution is 2.23. The Kier molecular flexibility index (Phi) is 1.67. The van der Waals surface area contributed by atoms with Crippen molar-refractivity contribution in [2.75, 3.05) is 6.54 Å². The number of β-amino-alcohol motifs (C(OH)–C–C–N with tert-alkyl or cyclic N) is 1. The van der Waals surface area contributed by atoms with E-state index in [1.54, 1.807) is 0 Å². The van der Waals surface area contributed by atoms with E-state index in [1.165, 1.54) is 0 Å². The van der Waals surface area contributed by atoms with Crippen molar-refractivity contribution in [1.29, 1.82) is 5.26 Å². The predicted molar refractivity (Wildman–Crippen MR) is 37.2 cm³/mol. The minimum absolute atomic E-state index is 0.0440. The Morgan fingerprint density at radius 2 is 2.40 bits per heavy atom. The molecule has 10 heavy (non-hydrogen) atoms. The third-order valence-corrected chi connectivity index (χ3v) is 1.97. The summed E-state index contributed by atoms with van der Waals surface area (Å²) in [6.45, 7) is 4.38. The molecule has 0 aliphatic carbocycles. The van der Waals surface area contributed by atoms with E-state index in [1.807, 2.05) is 19.9 Å². The Morgan fingerprint density at radius 3 is 2.50 bits per heavy atom. The molecule has 0 aromatic rings. The zero-order chi connectivity index (χ0) is 7.78. The first-order valence-corrected chi connectivity index (χ1v) is 3.47.